The highest BCUT2D eigenvalue weighted by Gasteiger charge is 2.41. The Kier molecular flexibility index (Phi) is 3.83. The Morgan fingerprint density at radius 2 is 2.15 bits per heavy atom. The molecule has 2 aliphatic rings. The molecule has 20 heavy (non-hydrogen) atoms. The van der Waals surface area contributed by atoms with Crippen molar-refractivity contribution in [2.24, 2.45) is 5.92 Å². The van der Waals surface area contributed by atoms with Crippen molar-refractivity contribution in [3.8, 4) is 0 Å². The summed E-state index contributed by atoms with van der Waals surface area (Å²) in [5.41, 5.74) is 0.0539. The first kappa shape index (κ1) is 13.7. The lowest BCUT2D eigenvalue weighted by molar-refractivity contribution is -0.111. The van der Waals surface area contributed by atoms with Gasteiger partial charge in [-0.1, -0.05) is 19.3 Å². The van der Waals surface area contributed by atoms with Gasteiger partial charge in [-0.25, -0.2) is 4.39 Å². The minimum atomic E-state index is -0.512. The predicted molar refractivity (Wildman–Crippen MR) is 73.0 cm³/mol. The minimum Gasteiger partial charge on any atom is -0.375 e. The Hall–Kier alpha value is -1.29. The zero-order valence-corrected chi connectivity index (χ0v) is 11.6. The van der Waals surface area contributed by atoms with Gasteiger partial charge in [0.15, 0.2) is 11.6 Å². The lowest BCUT2D eigenvalue weighted by atomic mass is 9.74. The fraction of sp³-hybridized carbons (Fsp3) is 0.625. The number of rotatable bonds is 2. The molecule has 1 aliphatic carbocycles. The SMILES string of the molecule is O=C(c1ccncc1F)C1CCOC2(CCCCC2)C1. The zero-order chi connectivity index (χ0) is 14.0. The molecule has 0 N–H and O–H groups in total. The summed E-state index contributed by atoms with van der Waals surface area (Å²) in [6.45, 7) is 0.614. The molecule has 1 atom stereocenters. The van der Waals surface area contributed by atoms with Gasteiger partial charge in [0.25, 0.3) is 0 Å². The van der Waals surface area contributed by atoms with Gasteiger partial charge in [-0.05, 0) is 31.7 Å². The van der Waals surface area contributed by atoms with Crippen molar-refractivity contribution in [1.29, 1.82) is 0 Å². The van der Waals surface area contributed by atoms with Crippen LogP contribution in [0, 0.1) is 11.7 Å². The van der Waals surface area contributed by atoms with E-state index in [1.807, 2.05) is 0 Å². The highest BCUT2D eigenvalue weighted by atomic mass is 19.1. The fourth-order valence-electron chi connectivity index (χ4n) is 3.59. The van der Waals surface area contributed by atoms with Crippen molar-refractivity contribution in [2.75, 3.05) is 6.61 Å². The molecule has 3 nitrogen and oxygen atoms in total. The fourth-order valence-corrected chi connectivity index (χ4v) is 3.59. The van der Waals surface area contributed by atoms with Gasteiger partial charge in [0.2, 0.25) is 0 Å². The van der Waals surface area contributed by atoms with Crippen LogP contribution in [0.15, 0.2) is 18.5 Å². The number of ketones is 1. The van der Waals surface area contributed by atoms with Crippen molar-refractivity contribution in [3.63, 3.8) is 0 Å². The van der Waals surface area contributed by atoms with Gasteiger partial charge in [0.05, 0.1) is 17.4 Å². The van der Waals surface area contributed by atoms with Crippen LogP contribution in [0.4, 0.5) is 4.39 Å². The van der Waals surface area contributed by atoms with Crippen LogP contribution in [-0.2, 0) is 4.74 Å². The number of carbonyl (C=O) groups excluding carboxylic acids is 1. The molecule has 0 amide bonds. The van der Waals surface area contributed by atoms with Gasteiger partial charge < -0.3 is 4.74 Å². The minimum absolute atomic E-state index is 0.0850. The van der Waals surface area contributed by atoms with Gasteiger partial charge in [-0.15, -0.1) is 0 Å². The third-order valence-corrected chi connectivity index (χ3v) is 4.67. The maximum absolute atomic E-state index is 13.7. The molecule has 1 aromatic rings. The van der Waals surface area contributed by atoms with Crippen LogP contribution in [0.1, 0.15) is 55.3 Å². The molecule has 0 radical (unpaired) electrons. The molecule has 0 aromatic carbocycles. The first-order chi connectivity index (χ1) is 9.70. The molecular weight excluding hydrogens is 257 g/mol. The maximum atomic E-state index is 13.7. The number of nitrogens with zero attached hydrogens (tertiary/aromatic N) is 1. The van der Waals surface area contributed by atoms with Gasteiger partial charge in [-0.3, -0.25) is 9.78 Å². The summed E-state index contributed by atoms with van der Waals surface area (Å²) in [4.78, 5) is 16.2. The summed E-state index contributed by atoms with van der Waals surface area (Å²) in [7, 11) is 0. The molecule has 108 valence electrons. The van der Waals surface area contributed by atoms with Crippen LogP contribution in [0.2, 0.25) is 0 Å². The second-order valence-electron chi connectivity index (χ2n) is 6.00. The van der Waals surface area contributed by atoms with E-state index < -0.39 is 5.82 Å². The second kappa shape index (κ2) is 5.60. The Balaban J connectivity index is 1.77. The van der Waals surface area contributed by atoms with E-state index in [9.17, 15) is 9.18 Å². The van der Waals surface area contributed by atoms with Gasteiger partial charge >= 0.3 is 0 Å². The number of halogens is 1. The Bertz CT molecular complexity index is 491. The molecule has 1 unspecified atom stereocenters. The monoisotopic (exact) mass is 277 g/mol. The molecule has 3 rings (SSSR count). The molecule has 1 aromatic heterocycles. The van der Waals surface area contributed by atoms with Crippen LogP contribution in [0.5, 0.6) is 0 Å². The molecule has 1 saturated heterocycles. The number of Topliss-reactive ketones (excluding diaryl/α,β-unsaturated/α-hetero) is 1. The molecule has 2 heterocycles. The highest BCUT2D eigenvalue weighted by molar-refractivity contribution is 5.98. The van der Waals surface area contributed by atoms with Crippen LogP contribution in [0.3, 0.4) is 0 Å². The first-order valence-electron chi connectivity index (χ1n) is 7.48. The van der Waals surface area contributed by atoms with Crippen LogP contribution in [0.25, 0.3) is 0 Å². The van der Waals surface area contributed by atoms with E-state index in [0.29, 0.717) is 13.0 Å². The Morgan fingerprint density at radius 1 is 1.35 bits per heavy atom. The molecule has 0 bridgehead atoms. The van der Waals surface area contributed by atoms with Crippen molar-refractivity contribution in [2.45, 2.75) is 50.5 Å². The van der Waals surface area contributed by atoms with Crippen LogP contribution in [-0.4, -0.2) is 23.0 Å². The molecule has 1 spiro atoms. The summed E-state index contributed by atoms with van der Waals surface area (Å²) < 4.78 is 19.7. The number of ether oxygens (including phenoxy) is 1. The van der Waals surface area contributed by atoms with E-state index in [4.69, 9.17) is 4.74 Å². The topological polar surface area (TPSA) is 39.2 Å². The summed E-state index contributed by atoms with van der Waals surface area (Å²) in [5, 5.41) is 0. The molecule has 1 aliphatic heterocycles. The lowest BCUT2D eigenvalue weighted by Gasteiger charge is -2.43. The number of pyridine rings is 1. The molecule has 1 saturated carbocycles. The van der Waals surface area contributed by atoms with Crippen LogP contribution >= 0.6 is 0 Å². The van der Waals surface area contributed by atoms with Crippen molar-refractivity contribution < 1.29 is 13.9 Å². The van der Waals surface area contributed by atoms with E-state index in [1.54, 1.807) is 0 Å². The smallest absolute Gasteiger partial charge is 0.169 e. The van der Waals surface area contributed by atoms with E-state index in [-0.39, 0.29) is 22.9 Å². The summed E-state index contributed by atoms with van der Waals surface area (Å²) in [6, 6.07) is 1.49. The van der Waals surface area contributed by atoms with Crippen molar-refractivity contribution >= 4 is 5.78 Å². The van der Waals surface area contributed by atoms with Crippen LogP contribution < -0.4 is 0 Å². The van der Waals surface area contributed by atoms with Gasteiger partial charge in [0.1, 0.15) is 0 Å². The summed E-state index contributed by atoms with van der Waals surface area (Å²) >= 11 is 0. The second-order valence-corrected chi connectivity index (χ2v) is 6.00. The quantitative estimate of drug-likeness (QED) is 0.776. The predicted octanol–water partition coefficient (Wildman–Crippen LogP) is 3.53. The lowest BCUT2D eigenvalue weighted by Crippen LogP contribution is -2.43. The Morgan fingerprint density at radius 3 is 2.90 bits per heavy atom. The van der Waals surface area contributed by atoms with Crippen molar-refractivity contribution in [3.05, 3.63) is 29.8 Å². The standard InChI is InChI=1S/C16H20FNO2/c17-14-11-18-8-4-13(14)15(19)12-5-9-20-16(10-12)6-2-1-3-7-16/h4,8,11-12H,1-3,5-7,9-10H2. The van der Waals surface area contributed by atoms with E-state index in [1.165, 1.54) is 31.5 Å². The van der Waals surface area contributed by atoms with Gasteiger partial charge in [-0.2, -0.15) is 0 Å². The number of aromatic nitrogens is 1. The molecule has 4 heteroatoms. The summed E-state index contributed by atoms with van der Waals surface area (Å²) in [6.07, 6.45) is 9.70. The maximum Gasteiger partial charge on any atom is 0.169 e. The van der Waals surface area contributed by atoms with Crippen molar-refractivity contribution in [1.82, 2.24) is 4.98 Å². The normalized spacial score (nSPS) is 25.6. The largest absolute Gasteiger partial charge is 0.375 e. The average Bonchev–Trinajstić information content (AvgIpc) is 2.48. The zero-order valence-electron chi connectivity index (χ0n) is 11.6. The molecule has 2 fully saturated rings. The first-order valence-corrected chi connectivity index (χ1v) is 7.48. The van der Waals surface area contributed by atoms with E-state index >= 15 is 0 Å². The average molecular weight is 277 g/mol. The number of carbonyl (C=O) groups is 1. The third kappa shape index (κ3) is 2.62. The van der Waals surface area contributed by atoms with E-state index in [0.717, 1.165) is 25.5 Å². The van der Waals surface area contributed by atoms with E-state index in [2.05, 4.69) is 4.98 Å². The highest BCUT2D eigenvalue weighted by Crippen LogP contribution is 2.41. The van der Waals surface area contributed by atoms with Gasteiger partial charge in [0, 0.05) is 18.7 Å². The number of hydrogen-bond donors (Lipinski definition) is 0. The summed E-state index contributed by atoms with van der Waals surface area (Å²) in [5.74, 6) is -0.710. The number of hydrogen-bond acceptors (Lipinski definition) is 3. The Labute approximate surface area is 118 Å². The molecular formula is C16H20FNO2. The third-order valence-electron chi connectivity index (χ3n) is 4.67.